The molecule has 2 rings (SSSR count). The molecule has 0 aromatic heterocycles. The van der Waals surface area contributed by atoms with E-state index in [9.17, 15) is 4.79 Å². The van der Waals surface area contributed by atoms with Crippen LogP contribution in [0.1, 0.15) is 26.3 Å². The van der Waals surface area contributed by atoms with Crippen LogP contribution in [-0.2, 0) is 16.1 Å². The van der Waals surface area contributed by atoms with Gasteiger partial charge in [0.2, 0.25) is 0 Å². The predicted octanol–water partition coefficient (Wildman–Crippen LogP) is 1.79. The molecule has 1 saturated heterocycles. The molecule has 0 amide bonds. The summed E-state index contributed by atoms with van der Waals surface area (Å²) in [4.78, 5) is 14.4. The Balaban J connectivity index is 1.93. The van der Waals surface area contributed by atoms with Gasteiger partial charge in [-0.15, -0.1) is 0 Å². The lowest BCUT2D eigenvalue weighted by molar-refractivity contribution is -0.159. The summed E-state index contributed by atoms with van der Waals surface area (Å²) in [6, 6.07) is 10.1. The van der Waals surface area contributed by atoms with Crippen LogP contribution in [0.4, 0.5) is 0 Å². The fourth-order valence-electron chi connectivity index (χ4n) is 2.51. The second kappa shape index (κ2) is 5.94. The van der Waals surface area contributed by atoms with Crippen molar-refractivity contribution in [3.63, 3.8) is 0 Å². The normalized spacial score (nSPS) is 23.8. The minimum atomic E-state index is -0.455. The second-order valence-corrected chi connectivity index (χ2v) is 6.48. The lowest BCUT2D eigenvalue weighted by Crippen LogP contribution is -2.38. The SMILES string of the molecule is CC(C)(C)OC(=O)C1CN(Cc2ccccc2)CC1N. The fraction of sp³-hybridized carbons (Fsp3) is 0.562. The Morgan fingerprint density at radius 1 is 1.30 bits per heavy atom. The van der Waals surface area contributed by atoms with Crippen LogP contribution >= 0.6 is 0 Å². The summed E-state index contributed by atoms with van der Waals surface area (Å²) < 4.78 is 5.44. The van der Waals surface area contributed by atoms with Crippen molar-refractivity contribution in [2.75, 3.05) is 13.1 Å². The first-order valence-corrected chi connectivity index (χ1v) is 7.10. The Hall–Kier alpha value is -1.39. The third-order valence-corrected chi connectivity index (χ3v) is 3.40. The molecule has 4 nitrogen and oxygen atoms in total. The molecule has 1 aromatic carbocycles. The molecule has 4 heteroatoms. The Morgan fingerprint density at radius 2 is 1.95 bits per heavy atom. The molecule has 0 saturated carbocycles. The number of rotatable bonds is 3. The Morgan fingerprint density at radius 3 is 2.55 bits per heavy atom. The van der Waals surface area contributed by atoms with Gasteiger partial charge < -0.3 is 10.5 Å². The lowest BCUT2D eigenvalue weighted by Gasteiger charge is -2.23. The van der Waals surface area contributed by atoms with Crippen molar-refractivity contribution >= 4 is 5.97 Å². The molecule has 1 heterocycles. The summed E-state index contributed by atoms with van der Waals surface area (Å²) in [6.07, 6.45) is 0. The van der Waals surface area contributed by atoms with Crippen molar-refractivity contribution in [1.82, 2.24) is 4.90 Å². The van der Waals surface area contributed by atoms with Crippen LogP contribution in [0, 0.1) is 5.92 Å². The zero-order chi connectivity index (χ0) is 14.8. The number of carbonyl (C=O) groups excluding carboxylic acids is 1. The number of hydrogen-bond donors (Lipinski definition) is 1. The minimum Gasteiger partial charge on any atom is -0.460 e. The van der Waals surface area contributed by atoms with Crippen LogP contribution in [-0.4, -0.2) is 35.6 Å². The van der Waals surface area contributed by atoms with E-state index in [1.807, 2.05) is 39.0 Å². The maximum absolute atomic E-state index is 12.1. The maximum Gasteiger partial charge on any atom is 0.312 e. The summed E-state index contributed by atoms with van der Waals surface area (Å²) in [7, 11) is 0. The predicted molar refractivity (Wildman–Crippen MR) is 79.0 cm³/mol. The molecule has 0 radical (unpaired) electrons. The molecule has 1 aromatic rings. The van der Waals surface area contributed by atoms with Gasteiger partial charge in [-0.1, -0.05) is 30.3 Å². The number of benzene rings is 1. The topological polar surface area (TPSA) is 55.6 Å². The van der Waals surface area contributed by atoms with E-state index in [0.29, 0.717) is 6.54 Å². The molecule has 1 aliphatic rings. The first-order chi connectivity index (χ1) is 9.35. The highest BCUT2D eigenvalue weighted by Crippen LogP contribution is 2.21. The fourth-order valence-corrected chi connectivity index (χ4v) is 2.51. The number of likely N-dealkylation sites (tertiary alicyclic amines) is 1. The van der Waals surface area contributed by atoms with E-state index in [1.54, 1.807) is 0 Å². The van der Waals surface area contributed by atoms with Gasteiger partial charge >= 0.3 is 5.97 Å². The van der Waals surface area contributed by atoms with Gasteiger partial charge in [0.05, 0.1) is 5.92 Å². The van der Waals surface area contributed by atoms with Crippen molar-refractivity contribution < 1.29 is 9.53 Å². The molecular formula is C16H24N2O2. The van der Waals surface area contributed by atoms with Crippen LogP contribution in [0.3, 0.4) is 0 Å². The van der Waals surface area contributed by atoms with Crippen molar-refractivity contribution in [2.45, 2.75) is 39.0 Å². The Labute approximate surface area is 120 Å². The third-order valence-electron chi connectivity index (χ3n) is 3.40. The number of hydrogen-bond acceptors (Lipinski definition) is 4. The van der Waals surface area contributed by atoms with E-state index in [4.69, 9.17) is 10.5 Å². The number of nitrogens with zero attached hydrogens (tertiary/aromatic N) is 1. The van der Waals surface area contributed by atoms with Crippen molar-refractivity contribution in [3.8, 4) is 0 Å². The van der Waals surface area contributed by atoms with E-state index in [-0.39, 0.29) is 17.9 Å². The van der Waals surface area contributed by atoms with Crippen LogP contribution in [0.5, 0.6) is 0 Å². The molecule has 1 fully saturated rings. The van der Waals surface area contributed by atoms with Gasteiger partial charge in [-0.2, -0.15) is 0 Å². The molecule has 0 aliphatic carbocycles. The number of ether oxygens (including phenoxy) is 1. The van der Waals surface area contributed by atoms with Gasteiger partial charge in [0.1, 0.15) is 5.60 Å². The number of nitrogens with two attached hydrogens (primary N) is 1. The van der Waals surface area contributed by atoms with Gasteiger partial charge in [-0.3, -0.25) is 9.69 Å². The molecule has 0 bridgehead atoms. The molecule has 2 N–H and O–H groups in total. The minimum absolute atomic E-state index is 0.145. The highest BCUT2D eigenvalue weighted by atomic mass is 16.6. The number of esters is 1. The molecule has 0 spiro atoms. The van der Waals surface area contributed by atoms with Crippen LogP contribution in [0.15, 0.2) is 30.3 Å². The van der Waals surface area contributed by atoms with E-state index >= 15 is 0 Å². The highest BCUT2D eigenvalue weighted by molar-refractivity contribution is 5.74. The monoisotopic (exact) mass is 276 g/mol. The van der Waals surface area contributed by atoms with Crippen molar-refractivity contribution in [1.29, 1.82) is 0 Å². The first kappa shape index (κ1) is 15.0. The highest BCUT2D eigenvalue weighted by Gasteiger charge is 2.37. The zero-order valence-corrected chi connectivity index (χ0v) is 12.5. The molecule has 110 valence electrons. The maximum atomic E-state index is 12.1. The van der Waals surface area contributed by atoms with Crippen LogP contribution < -0.4 is 5.73 Å². The molecule has 2 unspecified atom stereocenters. The molecule has 1 aliphatic heterocycles. The standard InChI is InChI=1S/C16H24N2O2/c1-16(2,3)20-15(19)13-10-18(11-14(13)17)9-12-7-5-4-6-8-12/h4-8,13-14H,9-11,17H2,1-3H3. The van der Waals surface area contributed by atoms with Crippen molar-refractivity contribution in [3.05, 3.63) is 35.9 Å². The van der Waals surface area contributed by atoms with Crippen LogP contribution in [0.2, 0.25) is 0 Å². The smallest absolute Gasteiger partial charge is 0.312 e. The summed E-state index contributed by atoms with van der Waals surface area (Å²) >= 11 is 0. The molecule has 2 atom stereocenters. The Bertz CT molecular complexity index is 453. The van der Waals surface area contributed by atoms with Gasteiger partial charge in [-0.05, 0) is 26.3 Å². The van der Waals surface area contributed by atoms with Gasteiger partial charge in [0.15, 0.2) is 0 Å². The largest absolute Gasteiger partial charge is 0.460 e. The van der Waals surface area contributed by atoms with Crippen molar-refractivity contribution in [2.24, 2.45) is 11.7 Å². The number of carbonyl (C=O) groups is 1. The van der Waals surface area contributed by atoms with E-state index in [1.165, 1.54) is 5.56 Å². The third kappa shape index (κ3) is 4.05. The van der Waals surface area contributed by atoms with Gasteiger partial charge in [0, 0.05) is 25.7 Å². The van der Waals surface area contributed by atoms with E-state index in [0.717, 1.165) is 13.1 Å². The zero-order valence-electron chi connectivity index (χ0n) is 12.5. The second-order valence-electron chi connectivity index (χ2n) is 6.48. The van der Waals surface area contributed by atoms with E-state index in [2.05, 4.69) is 17.0 Å². The summed E-state index contributed by atoms with van der Waals surface area (Å²) in [5.74, 6) is -0.404. The van der Waals surface area contributed by atoms with Crippen LogP contribution in [0.25, 0.3) is 0 Å². The Kier molecular flexibility index (Phi) is 4.45. The summed E-state index contributed by atoms with van der Waals surface area (Å²) in [6.45, 7) is 7.88. The van der Waals surface area contributed by atoms with Gasteiger partial charge in [-0.25, -0.2) is 0 Å². The summed E-state index contributed by atoms with van der Waals surface area (Å²) in [5, 5.41) is 0. The average molecular weight is 276 g/mol. The van der Waals surface area contributed by atoms with Gasteiger partial charge in [0.25, 0.3) is 0 Å². The average Bonchev–Trinajstić information content (AvgIpc) is 2.69. The molecular weight excluding hydrogens is 252 g/mol. The quantitative estimate of drug-likeness (QED) is 0.855. The summed E-state index contributed by atoms with van der Waals surface area (Å²) in [5.41, 5.74) is 6.89. The lowest BCUT2D eigenvalue weighted by atomic mass is 10.0. The van der Waals surface area contributed by atoms with E-state index < -0.39 is 5.60 Å². The molecule has 20 heavy (non-hydrogen) atoms. The first-order valence-electron chi connectivity index (χ1n) is 7.10.